The van der Waals surface area contributed by atoms with Gasteiger partial charge >= 0.3 is 0 Å². The molecule has 0 fully saturated rings. The maximum atomic E-state index is 5.78. The zero-order valence-electron chi connectivity index (χ0n) is 7.67. The fraction of sp³-hybridized carbons (Fsp3) is 0.100. The van der Waals surface area contributed by atoms with E-state index in [-0.39, 0.29) is 0 Å². The van der Waals surface area contributed by atoms with Crippen LogP contribution in [0.2, 0.25) is 5.02 Å². The topological polar surface area (TPSA) is 38.4 Å². The Labute approximate surface area is 93.0 Å². The lowest BCUT2D eigenvalue weighted by molar-refractivity contribution is 1.31. The number of hydrogen-bond acceptors (Lipinski definition) is 2. The molecule has 4 heteroatoms. The fourth-order valence-corrected chi connectivity index (χ4v) is 0.935. The van der Waals surface area contributed by atoms with Gasteiger partial charge in [0.15, 0.2) is 0 Å². The first-order chi connectivity index (χ1) is 6.59. The van der Waals surface area contributed by atoms with E-state index in [4.69, 9.17) is 28.9 Å². The number of nitrogens with two attached hydrogens (primary N) is 1. The number of halogens is 2. The maximum absolute atomic E-state index is 5.78. The van der Waals surface area contributed by atoms with Gasteiger partial charge in [0.25, 0.3) is 0 Å². The zero-order valence-corrected chi connectivity index (χ0v) is 9.18. The van der Waals surface area contributed by atoms with Crippen LogP contribution in [0.15, 0.2) is 40.0 Å². The highest BCUT2D eigenvalue weighted by molar-refractivity contribution is 6.39. The molecule has 0 amide bonds. The minimum Gasteiger partial charge on any atom is -0.401 e. The van der Waals surface area contributed by atoms with Crippen molar-refractivity contribution in [2.75, 3.05) is 0 Å². The smallest absolute Gasteiger partial charge is 0.0773 e. The minimum atomic E-state index is 0.444. The van der Waals surface area contributed by atoms with E-state index in [0.717, 1.165) is 5.69 Å². The first kappa shape index (κ1) is 11.1. The summed E-state index contributed by atoms with van der Waals surface area (Å²) in [5.41, 5.74) is 6.79. The molecule has 0 saturated heterocycles. The summed E-state index contributed by atoms with van der Waals surface area (Å²) in [7, 11) is 0. The largest absolute Gasteiger partial charge is 0.401 e. The molecule has 0 bridgehead atoms. The molecule has 0 aliphatic heterocycles. The molecule has 0 saturated carbocycles. The summed E-state index contributed by atoms with van der Waals surface area (Å²) < 4.78 is 0. The Hall–Kier alpha value is -0.990. The van der Waals surface area contributed by atoms with Crippen molar-refractivity contribution >= 4 is 35.1 Å². The summed E-state index contributed by atoms with van der Waals surface area (Å²) in [4.78, 5) is 4.12. The van der Waals surface area contributed by atoms with Gasteiger partial charge in [0.1, 0.15) is 0 Å². The van der Waals surface area contributed by atoms with E-state index in [0.29, 0.717) is 15.8 Å². The first-order valence-electron chi connectivity index (χ1n) is 4.01. The molecular formula is C10H10Cl2N2. The van der Waals surface area contributed by atoms with E-state index in [1.165, 1.54) is 6.21 Å². The molecule has 0 atom stereocenters. The molecule has 0 spiro atoms. The van der Waals surface area contributed by atoms with E-state index in [9.17, 15) is 0 Å². The second-order valence-corrected chi connectivity index (χ2v) is 3.61. The molecule has 0 radical (unpaired) electrons. The summed E-state index contributed by atoms with van der Waals surface area (Å²) in [5.74, 6) is 0. The third-order valence-electron chi connectivity index (χ3n) is 1.53. The summed E-state index contributed by atoms with van der Waals surface area (Å²) in [6.45, 7) is 1.72. The number of benzene rings is 1. The van der Waals surface area contributed by atoms with Gasteiger partial charge in [-0.05, 0) is 31.2 Å². The van der Waals surface area contributed by atoms with Crippen molar-refractivity contribution in [2.45, 2.75) is 6.92 Å². The third kappa shape index (κ3) is 3.40. The molecule has 0 aliphatic carbocycles. The van der Waals surface area contributed by atoms with Crippen molar-refractivity contribution in [1.82, 2.24) is 0 Å². The monoisotopic (exact) mass is 228 g/mol. The maximum Gasteiger partial charge on any atom is 0.0773 e. The summed E-state index contributed by atoms with van der Waals surface area (Å²) in [5, 5.41) is 1.13. The van der Waals surface area contributed by atoms with Crippen LogP contribution in [-0.2, 0) is 0 Å². The minimum absolute atomic E-state index is 0.444. The van der Waals surface area contributed by atoms with Crippen LogP contribution in [-0.4, -0.2) is 6.21 Å². The quantitative estimate of drug-likeness (QED) is 0.774. The predicted octanol–water partition coefficient (Wildman–Crippen LogP) is 3.47. The van der Waals surface area contributed by atoms with Crippen LogP contribution in [0.4, 0.5) is 5.69 Å². The highest BCUT2D eigenvalue weighted by Crippen LogP contribution is 2.16. The van der Waals surface area contributed by atoms with E-state index >= 15 is 0 Å². The number of allylic oxidation sites excluding steroid dienone is 2. The van der Waals surface area contributed by atoms with Gasteiger partial charge in [-0.2, -0.15) is 0 Å². The van der Waals surface area contributed by atoms with Crippen molar-refractivity contribution < 1.29 is 0 Å². The Morgan fingerprint density at radius 3 is 2.43 bits per heavy atom. The Kier molecular flexibility index (Phi) is 3.98. The van der Waals surface area contributed by atoms with Crippen LogP contribution in [0.1, 0.15) is 6.92 Å². The van der Waals surface area contributed by atoms with E-state index < -0.39 is 0 Å². The average Bonchev–Trinajstić information content (AvgIpc) is 2.16. The Morgan fingerprint density at radius 1 is 1.36 bits per heavy atom. The van der Waals surface area contributed by atoms with Gasteiger partial charge in [0.05, 0.1) is 10.7 Å². The number of nitrogens with zero attached hydrogens (tertiary/aromatic N) is 1. The normalized spacial score (nSPS) is 13.1. The molecule has 1 aromatic rings. The van der Waals surface area contributed by atoms with Crippen molar-refractivity contribution in [3.8, 4) is 0 Å². The molecule has 0 aromatic heterocycles. The molecule has 0 aliphatic rings. The zero-order chi connectivity index (χ0) is 10.6. The van der Waals surface area contributed by atoms with Crippen LogP contribution >= 0.6 is 23.2 Å². The van der Waals surface area contributed by atoms with Crippen LogP contribution in [0.3, 0.4) is 0 Å². The Bertz CT molecular complexity index is 362. The molecule has 2 N–H and O–H groups in total. The summed E-state index contributed by atoms with van der Waals surface area (Å²) >= 11 is 11.5. The fourth-order valence-electron chi connectivity index (χ4n) is 0.760. The van der Waals surface area contributed by atoms with Gasteiger partial charge in [-0.15, -0.1) is 0 Å². The lowest BCUT2D eigenvalue weighted by Gasteiger charge is -1.94. The molecule has 2 nitrogen and oxygen atoms in total. The van der Waals surface area contributed by atoms with Gasteiger partial charge in [-0.3, -0.25) is 4.99 Å². The van der Waals surface area contributed by atoms with Gasteiger partial charge in [-0.25, -0.2) is 0 Å². The average molecular weight is 229 g/mol. The van der Waals surface area contributed by atoms with Crippen molar-refractivity contribution in [2.24, 2.45) is 10.7 Å². The number of hydrogen-bond donors (Lipinski definition) is 1. The SMILES string of the molecule is CC(N)=C(Cl)C=Nc1ccc(Cl)cc1. The van der Waals surface area contributed by atoms with Crippen LogP contribution in [0.25, 0.3) is 0 Å². The molecule has 0 heterocycles. The number of aliphatic imine (C=N–C) groups is 1. The van der Waals surface area contributed by atoms with Gasteiger partial charge < -0.3 is 5.73 Å². The molecule has 1 aromatic carbocycles. The van der Waals surface area contributed by atoms with Crippen LogP contribution in [0, 0.1) is 0 Å². The molecular weight excluding hydrogens is 219 g/mol. The van der Waals surface area contributed by atoms with Gasteiger partial charge in [0, 0.05) is 16.9 Å². The third-order valence-corrected chi connectivity index (χ3v) is 2.18. The van der Waals surface area contributed by atoms with Crippen molar-refractivity contribution in [3.63, 3.8) is 0 Å². The van der Waals surface area contributed by atoms with E-state index in [1.54, 1.807) is 31.2 Å². The summed E-state index contributed by atoms with van der Waals surface area (Å²) in [6, 6.07) is 7.13. The molecule has 74 valence electrons. The Balaban J connectivity index is 2.79. The van der Waals surface area contributed by atoms with Crippen LogP contribution in [0.5, 0.6) is 0 Å². The molecule has 1 rings (SSSR count). The summed E-state index contributed by atoms with van der Waals surface area (Å²) in [6.07, 6.45) is 1.51. The Morgan fingerprint density at radius 2 is 1.93 bits per heavy atom. The number of rotatable bonds is 2. The second kappa shape index (κ2) is 5.03. The van der Waals surface area contributed by atoms with Gasteiger partial charge in [-0.1, -0.05) is 23.2 Å². The van der Waals surface area contributed by atoms with Crippen molar-refractivity contribution in [3.05, 3.63) is 40.0 Å². The highest BCUT2D eigenvalue weighted by atomic mass is 35.5. The van der Waals surface area contributed by atoms with Crippen LogP contribution < -0.4 is 5.73 Å². The molecule has 14 heavy (non-hydrogen) atoms. The lowest BCUT2D eigenvalue weighted by Crippen LogP contribution is -1.94. The van der Waals surface area contributed by atoms with Gasteiger partial charge in [0.2, 0.25) is 0 Å². The molecule has 0 unspecified atom stereocenters. The first-order valence-corrected chi connectivity index (χ1v) is 4.76. The van der Waals surface area contributed by atoms with E-state index in [2.05, 4.69) is 4.99 Å². The lowest BCUT2D eigenvalue weighted by atomic mass is 10.3. The predicted molar refractivity (Wildman–Crippen MR) is 62.3 cm³/mol. The highest BCUT2D eigenvalue weighted by Gasteiger charge is 1.91. The second-order valence-electron chi connectivity index (χ2n) is 2.77. The van der Waals surface area contributed by atoms with E-state index in [1.807, 2.05) is 0 Å². The van der Waals surface area contributed by atoms with Crippen molar-refractivity contribution in [1.29, 1.82) is 0 Å². The standard InChI is InChI=1S/C10H10Cl2N2/c1-7(13)10(12)6-14-9-4-2-8(11)3-5-9/h2-6H,13H2,1H3.